The predicted molar refractivity (Wildman–Crippen MR) is 45.1 cm³/mol. The molecule has 0 saturated heterocycles. The summed E-state index contributed by atoms with van der Waals surface area (Å²) in [5, 5.41) is 7.80. The second kappa shape index (κ2) is 5.46. The van der Waals surface area contributed by atoms with Gasteiger partial charge in [0.1, 0.15) is 6.54 Å². The highest BCUT2D eigenvalue weighted by Crippen LogP contribution is 1.87. The number of carbonyl (C=O) groups is 1. The van der Waals surface area contributed by atoms with Crippen molar-refractivity contribution in [3.05, 3.63) is 12.8 Å². The molecule has 0 aromatic heterocycles. The van der Waals surface area contributed by atoms with Crippen molar-refractivity contribution < 1.29 is 4.79 Å². The molecule has 11 heavy (non-hydrogen) atoms. The van der Waals surface area contributed by atoms with Crippen molar-refractivity contribution in [2.75, 3.05) is 13.6 Å². The molecule has 0 bridgehead atoms. The first-order valence-corrected chi connectivity index (χ1v) is 3.33. The average molecular weight is 155 g/mol. The summed E-state index contributed by atoms with van der Waals surface area (Å²) < 4.78 is 0. The molecule has 0 unspecified atom stereocenters. The summed E-state index contributed by atoms with van der Waals surface area (Å²) in [6.07, 6.45) is 3.10. The summed E-state index contributed by atoms with van der Waals surface area (Å²) >= 11 is 0. The van der Waals surface area contributed by atoms with E-state index in [-0.39, 0.29) is 12.5 Å². The van der Waals surface area contributed by atoms with Crippen LogP contribution in [0.3, 0.4) is 0 Å². The normalized spacial score (nSPS) is 9.64. The van der Waals surface area contributed by atoms with Crippen LogP contribution in [0.2, 0.25) is 0 Å². The van der Waals surface area contributed by atoms with E-state index >= 15 is 0 Å². The average Bonchev–Trinajstić information content (AvgIpc) is 2.03. The van der Waals surface area contributed by atoms with Crippen LogP contribution in [0.5, 0.6) is 0 Å². The number of rotatable bonds is 4. The molecule has 1 amide bonds. The third kappa shape index (κ3) is 4.13. The molecular weight excluding hydrogens is 142 g/mol. The SMILES string of the molecule is C=CN(CC(=O)NC)/N=C\C. The third-order valence-electron chi connectivity index (χ3n) is 1.06. The van der Waals surface area contributed by atoms with Gasteiger partial charge in [-0.1, -0.05) is 6.58 Å². The maximum absolute atomic E-state index is 10.8. The number of nitrogens with zero attached hydrogens (tertiary/aromatic N) is 2. The lowest BCUT2D eigenvalue weighted by atomic mass is 10.6. The molecule has 0 radical (unpaired) electrons. The van der Waals surface area contributed by atoms with Crippen molar-refractivity contribution in [2.45, 2.75) is 6.92 Å². The van der Waals surface area contributed by atoms with Gasteiger partial charge in [-0.25, -0.2) is 0 Å². The molecule has 0 saturated carbocycles. The molecule has 0 spiro atoms. The Morgan fingerprint density at radius 2 is 2.45 bits per heavy atom. The first kappa shape index (κ1) is 9.68. The number of hydrazone groups is 1. The summed E-state index contributed by atoms with van der Waals surface area (Å²) in [6, 6.07) is 0. The van der Waals surface area contributed by atoms with Crippen LogP contribution in [0.1, 0.15) is 6.92 Å². The Balaban J connectivity index is 3.87. The molecule has 0 atom stereocenters. The highest BCUT2D eigenvalue weighted by molar-refractivity contribution is 5.77. The molecule has 0 aromatic rings. The van der Waals surface area contributed by atoms with E-state index < -0.39 is 0 Å². The first-order valence-electron chi connectivity index (χ1n) is 3.33. The molecule has 0 aliphatic carbocycles. The van der Waals surface area contributed by atoms with Crippen molar-refractivity contribution in [1.29, 1.82) is 0 Å². The van der Waals surface area contributed by atoms with Crippen LogP contribution in [0.15, 0.2) is 17.9 Å². The second-order valence-electron chi connectivity index (χ2n) is 1.83. The zero-order chi connectivity index (χ0) is 8.69. The number of likely N-dealkylation sites (N-methyl/N-ethyl adjacent to an activating group) is 1. The van der Waals surface area contributed by atoms with Crippen molar-refractivity contribution in [3.8, 4) is 0 Å². The van der Waals surface area contributed by atoms with Gasteiger partial charge in [-0.3, -0.25) is 9.80 Å². The third-order valence-corrected chi connectivity index (χ3v) is 1.06. The largest absolute Gasteiger partial charge is 0.358 e. The Hall–Kier alpha value is -1.32. The molecule has 0 aliphatic heterocycles. The van der Waals surface area contributed by atoms with E-state index in [4.69, 9.17) is 0 Å². The lowest BCUT2D eigenvalue weighted by molar-refractivity contribution is -0.121. The van der Waals surface area contributed by atoms with Gasteiger partial charge in [-0.15, -0.1) is 0 Å². The first-order chi connectivity index (χ1) is 5.24. The molecule has 62 valence electrons. The molecule has 4 heteroatoms. The predicted octanol–water partition coefficient (Wildman–Crippen LogP) is 0.184. The van der Waals surface area contributed by atoms with E-state index in [0.29, 0.717) is 0 Å². The highest BCUT2D eigenvalue weighted by Gasteiger charge is 2.00. The van der Waals surface area contributed by atoms with Gasteiger partial charge in [0.15, 0.2) is 0 Å². The van der Waals surface area contributed by atoms with E-state index in [9.17, 15) is 4.79 Å². The zero-order valence-corrected chi connectivity index (χ0v) is 6.87. The van der Waals surface area contributed by atoms with Crippen molar-refractivity contribution in [2.24, 2.45) is 5.10 Å². The molecule has 1 N–H and O–H groups in total. The van der Waals surface area contributed by atoms with Gasteiger partial charge in [-0.05, 0) is 6.92 Å². The molecule has 0 heterocycles. The fourth-order valence-corrected chi connectivity index (χ4v) is 0.527. The van der Waals surface area contributed by atoms with Crippen molar-refractivity contribution >= 4 is 12.1 Å². The number of hydrogen-bond acceptors (Lipinski definition) is 3. The second-order valence-corrected chi connectivity index (χ2v) is 1.83. The molecule has 0 aliphatic rings. The van der Waals surface area contributed by atoms with Gasteiger partial charge >= 0.3 is 0 Å². The van der Waals surface area contributed by atoms with Crippen LogP contribution in [0.25, 0.3) is 0 Å². The monoisotopic (exact) mass is 155 g/mol. The summed E-state index contributed by atoms with van der Waals surface area (Å²) in [6.45, 7) is 5.49. The maximum atomic E-state index is 10.8. The van der Waals surface area contributed by atoms with E-state index in [2.05, 4.69) is 17.0 Å². The molecule has 0 fully saturated rings. The molecule has 0 aromatic carbocycles. The standard InChI is InChI=1S/C7H13N3O/c1-4-9-10(5-2)6-7(11)8-3/h4-5H,2,6H2,1,3H3,(H,8,11)/b9-4-. The quantitative estimate of drug-likeness (QED) is 0.465. The van der Waals surface area contributed by atoms with E-state index in [0.717, 1.165) is 0 Å². The lowest BCUT2D eigenvalue weighted by Gasteiger charge is -2.10. The fraction of sp³-hybridized carbons (Fsp3) is 0.429. The van der Waals surface area contributed by atoms with E-state index in [1.54, 1.807) is 20.2 Å². The number of amides is 1. The Morgan fingerprint density at radius 1 is 1.82 bits per heavy atom. The summed E-state index contributed by atoms with van der Waals surface area (Å²) in [5.41, 5.74) is 0. The van der Waals surface area contributed by atoms with Gasteiger partial charge in [0.05, 0.1) is 0 Å². The zero-order valence-electron chi connectivity index (χ0n) is 6.87. The Bertz CT molecular complexity index is 165. The molecule has 4 nitrogen and oxygen atoms in total. The smallest absolute Gasteiger partial charge is 0.241 e. The lowest BCUT2D eigenvalue weighted by Crippen LogP contribution is -2.29. The fourth-order valence-electron chi connectivity index (χ4n) is 0.527. The van der Waals surface area contributed by atoms with Gasteiger partial charge < -0.3 is 5.32 Å². The maximum Gasteiger partial charge on any atom is 0.241 e. The summed E-state index contributed by atoms with van der Waals surface area (Å²) in [5.74, 6) is -0.0875. The van der Waals surface area contributed by atoms with Crippen LogP contribution >= 0.6 is 0 Å². The van der Waals surface area contributed by atoms with Gasteiger partial charge in [0.25, 0.3) is 0 Å². The molecular formula is C7H13N3O. The minimum Gasteiger partial charge on any atom is -0.358 e. The van der Waals surface area contributed by atoms with Gasteiger partial charge in [0, 0.05) is 19.5 Å². The van der Waals surface area contributed by atoms with Crippen LogP contribution in [-0.4, -0.2) is 30.7 Å². The number of nitrogens with one attached hydrogen (secondary N) is 1. The van der Waals surface area contributed by atoms with E-state index in [1.807, 2.05) is 0 Å². The van der Waals surface area contributed by atoms with Crippen LogP contribution in [0, 0.1) is 0 Å². The van der Waals surface area contributed by atoms with Crippen LogP contribution < -0.4 is 5.32 Å². The minimum atomic E-state index is -0.0875. The minimum absolute atomic E-state index is 0.0875. The molecule has 0 rings (SSSR count). The Labute approximate surface area is 66.6 Å². The number of carbonyl (C=O) groups excluding carboxylic acids is 1. The van der Waals surface area contributed by atoms with Crippen molar-refractivity contribution in [1.82, 2.24) is 10.3 Å². The highest BCUT2D eigenvalue weighted by atomic mass is 16.2. The number of hydrogen-bond donors (Lipinski definition) is 1. The summed E-state index contributed by atoms with van der Waals surface area (Å²) in [4.78, 5) is 10.8. The van der Waals surface area contributed by atoms with Gasteiger partial charge in [0.2, 0.25) is 5.91 Å². The van der Waals surface area contributed by atoms with Crippen LogP contribution in [-0.2, 0) is 4.79 Å². The van der Waals surface area contributed by atoms with Gasteiger partial charge in [-0.2, -0.15) is 5.10 Å². The Morgan fingerprint density at radius 3 is 2.82 bits per heavy atom. The Kier molecular flexibility index (Phi) is 4.81. The topological polar surface area (TPSA) is 44.7 Å². The van der Waals surface area contributed by atoms with E-state index in [1.165, 1.54) is 11.2 Å². The van der Waals surface area contributed by atoms with Crippen molar-refractivity contribution in [3.63, 3.8) is 0 Å². The van der Waals surface area contributed by atoms with Crippen LogP contribution in [0.4, 0.5) is 0 Å². The summed E-state index contributed by atoms with van der Waals surface area (Å²) in [7, 11) is 1.58.